The van der Waals surface area contributed by atoms with E-state index < -0.39 is 0 Å². The number of amides is 2. The Morgan fingerprint density at radius 1 is 1.00 bits per heavy atom. The van der Waals surface area contributed by atoms with E-state index in [2.05, 4.69) is 0 Å². The zero-order valence-corrected chi connectivity index (χ0v) is 13.3. The third-order valence-electron chi connectivity index (χ3n) is 3.25. The van der Waals surface area contributed by atoms with Gasteiger partial charge < -0.3 is 0 Å². The van der Waals surface area contributed by atoms with Crippen LogP contribution in [0.4, 0.5) is 10.5 Å². The molecule has 3 rings (SSSR count). The second-order valence-corrected chi connectivity index (χ2v) is 6.33. The first-order chi connectivity index (χ1) is 10.5. The van der Waals surface area contributed by atoms with E-state index in [1.807, 2.05) is 31.2 Å². The minimum absolute atomic E-state index is 0.300. The molecule has 0 unspecified atom stereocenters. The van der Waals surface area contributed by atoms with Crippen LogP contribution >= 0.6 is 23.4 Å². The third-order valence-corrected chi connectivity index (χ3v) is 4.38. The predicted octanol–water partition coefficient (Wildman–Crippen LogP) is 4.89. The predicted molar refractivity (Wildman–Crippen MR) is 91.1 cm³/mol. The molecule has 1 heterocycles. The van der Waals surface area contributed by atoms with Crippen LogP contribution in [0, 0.1) is 6.92 Å². The van der Waals surface area contributed by atoms with Crippen LogP contribution in [0.25, 0.3) is 6.08 Å². The van der Waals surface area contributed by atoms with Crippen molar-refractivity contribution in [3.05, 3.63) is 69.6 Å². The Hall–Kier alpha value is -2.04. The molecular weight excluding hydrogens is 318 g/mol. The highest BCUT2D eigenvalue weighted by molar-refractivity contribution is 8.19. The van der Waals surface area contributed by atoms with Gasteiger partial charge in [-0.3, -0.25) is 9.59 Å². The molecule has 0 aromatic heterocycles. The van der Waals surface area contributed by atoms with Crippen molar-refractivity contribution in [3.8, 4) is 0 Å². The second-order valence-electron chi connectivity index (χ2n) is 4.90. The number of imide groups is 1. The number of hydrogen-bond acceptors (Lipinski definition) is 3. The molecular formula is C17H12ClNO2S. The van der Waals surface area contributed by atoms with Crippen LogP contribution in [-0.4, -0.2) is 11.1 Å². The van der Waals surface area contributed by atoms with Gasteiger partial charge in [0.2, 0.25) is 0 Å². The Bertz CT molecular complexity index is 766. The summed E-state index contributed by atoms with van der Waals surface area (Å²) in [5, 5.41) is 0.261. The lowest BCUT2D eigenvalue weighted by atomic mass is 10.1. The molecule has 0 atom stereocenters. The van der Waals surface area contributed by atoms with Crippen LogP contribution in [-0.2, 0) is 4.79 Å². The van der Waals surface area contributed by atoms with E-state index >= 15 is 0 Å². The van der Waals surface area contributed by atoms with Gasteiger partial charge in [-0.25, -0.2) is 4.90 Å². The number of carbonyl (C=O) groups excluding carboxylic acids is 2. The van der Waals surface area contributed by atoms with Crippen molar-refractivity contribution in [2.24, 2.45) is 0 Å². The van der Waals surface area contributed by atoms with Crippen molar-refractivity contribution in [1.82, 2.24) is 0 Å². The maximum atomic E-state index is 12.5. The van der Waals surface area contributed by atoms with Crippen molar-refractivity contribution >= 4 is 46.3 Å². The lowest BCUT2D eigenvalue weighted by molar-refractivity contribution is -0.113. The molecule has 0 N–H and O–H groups in total. The van der Waals surface area contributed by atoms with Crippen LogP contribution in [0.2, 0.25) is 5.02 Å². The van der Waals surface area contributed by atoms with Gasteiger partial charge >= 0.3 is 0 Å². The van der Waals surface area contributed by atoms with Gasteiger partial charge in [0.05, 0.1) is 10.6 Å². The molecule has 0 saturated carbocycles. The average molecular weight is 330 g/mol. The highest BCUT2D eigenvalue weighted by Gasteiger charge is 2.36. The van der Waals surface area contributed by atoms with E-state index in [0.717, 1.165) is 22.9 Å². The van der Waals surface area contributed by atoms with Crippen molar-refractivity contribution < 1.29 is 9.59 Å². The summed E-state index contributed by atoms with van der Waals surface area (Å²) in [7, 11) is 0. The second kappa shape index (κ2) is 5.99. The zero-order valence-electron chi connectivity index (χ0n) is 11.7. The van der Waals surface area contributed by atoms with Crippen LogP contribution in [0.5, 0.6) is 0 Å². The summed E-state index contributed by atoms with van der Waals surface area (Å²) in [4.78, 5) is 26.2. The van der Waals surface area contributed by atoms with Gasteiger partial charge in [0.1, 0.15) is 0 Å². The van der Waals surface area contributed by atoms with E-state index in [9.17, 15) is 9.59 Å². The molecule has 0 radical (unpaired) electrons. The highest BCUT2D eigenvalue weighted by atomic mass is 35.5. The molecule has 2 aromatic carbocycles. The van der Waals surface area contributed by atoms with Crippen molar-refractivity contribution in [2.75, 3.05) is 4.90 Å². The molecule has 22 heavy (non-hydrogen) atoms. The van der Waals surface area contributed by atoms with Gasteiger partial charge in [-0.2, -0.15) is 0 Å². The average Bonchev–Trinajstić information content (AvgIpc) is 2.77. The minimum atomic E-state index is -0.308. The molecule has 2 aromatic rings. The van der Waals surface area contributed by atoms with Crippen molar-refractivity contribution in [3.63, 3.8) is 0 Å². The fraction of sp³-hybridized carbons (Fsp3) is 0.0588. The van der Waals surface area contributed by atoms with E-state index in [1.165, 1.54) is 4.90 Å². The highest BCUT2D eigenvalue weighted by Crippen LogP contribution is 2.36. The maximum absolute atomic E-state index is 12.5. The number of rotatable bonds is 2. The smallest absolute Gasteiger partial charge is 0.268 e. The van der Waals surface area contributed by atoms with Crippen LogP contribution in [0.15, 0.2) is 53.4 Å². The van der Waals surface area contributed by atoms with Gasteiger partial charge in [0, 0.05) is 5.02 Å². The lowest BCUT2D eigenvalue weighted by Gasteiger charge is -2.12. The Morgan fingerprint density at radius 2 is 1.64 bits per heavy atom. The minimum Gasteiger partial charge on any atom is -0.268 e. The standard InChI is InChI=1S/C17H12ClNO2S/c1-11-2-4-12(5-3-11)10-15-16(20)19(17(21)22-15)14-8-6-13(18)7-9-14/h2-10H,1H3/b15-10-. The topological polar surface area (TPSA) is 37.4 Å². The van der Waals surface area contributed by atoms with Crippen LogP contribution in [0.1, 0.15) is 11.1 Å². The number of nitrogens with zero attached hydrogens (tertiary/aromatic N) is 1. The van der Waals surface area contributed by atoms with E-state index in [4.69, 9.17) is 11.6 Å². The Balaban J connectivity index is 1.91. The van der Waals surface area contributed by atoms with Crippen molar-refractivity contribution in [2.45, 2.75) is 6.92 Å². The molecule has 0 bridgehead atoms. The van der Waals surface area contributed by atoms with E-state index in [0.29, 0.717) is 15.6 Å². The summed E-state index contributed by atoms with van der Waals surface area (Å²) < 4.78 is 0. The van der Waals surface area contributed by atoms with E-state index in [-0.39, 0.29) is 11.1 Å². The molecule has 2 amide bonds. The molecule has 3 nitrogen and oxygen atoms in total. The number of carbonyl (C=O) groups is 2. The lowest BCUT2D eigenvalue weighted by Crippen LogP contribution is -2.27. The normalized spacial score (nSPS) is 16.6. The van der Waals surface area contributed by atoms with Crippen LogP contribution < -0.4 is 4.90 Å². The number of aryl methyl sites for hydroxylation is 1. The monoisotopic (exact) mass is 329 g/mol. The molecule has 1 aliphatic heterocycles. The third kappa shape index (κ3) is 2.93. The van der Waals surface area contributed by atoms with Gasteiger partial charge in [-0.05, 0) is 54.6 Å². The fourth-order valence-corrected chi connectivity index (χ4v) is 3.06. The number of anilines is 1. The molecule has 5 heteroatoms. The van der Waals surface area contributed by atoms with Gasteiger partial charge in [-0.15, -0.1) is 0 Å². The van der Waals surface area contributed by atoms with E-state index in [1.54, 1.807) is 30.3 Å². The van der Waals surface area contributed by atoms with Gasteiger partial charge in [0.25, 0.3) is 11.1 Å². The first-order valence-corrected chi connectivity index (χ1v) is 7.84. The van der Waals surface area contributed by atoms with Crippen LogP contribution in [0.3, 0.4) is 0 Å². The summed E-state index contributed by atoms with van der Waals surface area (Å²) in [6.45, 7) is 2.00. The summed E-state index contributed by atoms with van der Waals surface area (Å²) >= 11 is 6.78. The Morgan fingerprint density at radius 3 is 2.27 bits per heavy atom. The summed E-state index contributed by atoms with van der Waals surface area (Å²) in [6, 6.07) is 14.4. The summed E-state index contributed by atoms with van der Waals surface area (Å²) in [5.41, 5.74) is 2.57. The Kier molecular flexibility index (Phi) is 4.05. The first kappa shape index (κ1) is 14.9. The Labute approximate surface area is 137 Å². The zero-order chi connectivity index (χ0) is 15.7. The maximum Gasteiger partial charge on any atom is 0.298 e. The number of halogens is 1. The largest absolute Gasteiger partial charge is 0.298 e. The quantitative estimate of drug-likeness (QED) is 0.736. The molecule has 1 aliphatic rings. The van der Waals surface area contributed by atoms with Gasteiger partial charge in [0.15, 0.2) is 0 Å². The number of hydrogen-bond donors (Lipinski definition) is 0. The van der Waals surface area contributed by atoms with Crippen molar-refractivity contribution in [1.29, 1.82) is 0 Å². The van der Waals surface area contributed by atoms with Gasteiger partial charge in [-0.1, -0.05) is 41.4 Å². The SMILES string of the molecule is Cc1ccc(/C=C2\SC(=O)N(c3ccc(Cl)cc3)C2=O)cc1. The molecule has 110 valence electrons. The number of benzene rings is 2. The first-order valence-electron chi connectivity index (χ1n) is 6.65. The molecule has 0 spiro atoms. The summed E-state index contributed by atoms with van der Waals surface area (Å²) in [5.74, 6) is -0.308. The number of thioether (sulfide) groups is 1. The summed E-state index contributed by atoms with van der Waals surface area (Å²) in [6.07, 6.45) is 1.74. The fourth-order valence-electron chi connectivity index (χ4n) is 2.09. The molecule has 1 saturated heterocycles. The molecule has 0 aliphatic carbocycles. The molecule has 1 fully saturated rings.